The minimum atomic E-state index is -4.96. The van der Waals surface area contributed by atoms with Crippen LogP contribution >= 0.6 is 11.8 Å². The average Bonchev–Trinajstić information content (AvgIpc) is 2.59. The fourth-order valence-electron chi connectivity index (χ4n) is 2.59. The molecule has 0 amide bonds. The Balaban J connectivity index is 2.45. The summed E-state index contributed by atoms with van der Waals surface area (Å²) >= 11 is 0.855. The van der Waals surface area contributed by atoms with Crippen LogP contribution in [0.3, 0.4) is 0 Å². The van der Waals surface area contributed by atoms with Crippen molar-refractivity contribution in [2.24, 2.45) is 0 Å². The summed E-state index contributed by atoms with van der Waals surface area (Å²) in [6.45, 7) is 0. The third kappa shape index (κ3) is 3.53. The van der Waals surface area contributed by atoms with Gasteiger partial charge in [-0.3, -0.25) is 9.36 Å². The highest BCUT2D eigenvalue weighted by molar-refractivity contribution is 7.98. The maximum absolute atomic E-state index is 13.4. The van der Waals surface area contributed by atoms with Gasteiger partial charge >= 0.3 is 12.4 Å². The number of thioether (sulfide) groups is 1. The Morgan fingerprint density at radius 2 is 1.63 bits per heavy atom. The number of aromatic nitrogens is 2. The van der Waals surface area contributed by atoms with Crippen LogP contribution in [0, 0.1) is 0 Å². The molecule has 142 valence electrons. The molecule has 0 aliphatic heterocycles. The van der Waals surface area contributed by atoms with Crippen molar-refractivity contribution in [1.82, 2.24) is 9.55 Å². The fraction of sp³-hybridized carbons (Fsp3) is 0.176. The summed E-state index contributed by atoms with van der Waals surface area (Å²) in [6.07, 6.45) is -8.36. The van der Waals surface area contributed by atoms with Crippen molar-refractivity contribution in [1.29, 1.82) is 0 Å². The minimum Gasteiger partial charge on any atom is -0.268 e. The Hall–Kier alpha value is -2.49. The smallest absolute Gasteiger partial charge is 0.268 e. The molecule has 0 aliphatic rings. The second kappa shape index (κ2) is 6.59. The van der Waals surface area contributed by atoms with E-state index in [2.05, 4.69) is 4.98 Å². The van der Waals surface area contributed by atoms with Crippen LogP contribution in [0.2, 0.25) is 0 Å². The zero-order valence-corrected chi connectivity index (χ0v) is 14.3. The first kappa shape index (κ1) is 19.3. The first-order valence-electron chi connectivity index (χ1n) is 7.38. The van der Waals surface area contributed by atoms with E-state index in [-0.39, 0.29) is 16.1 Å². The van der Waals surface area contributed by atoms with Crippen LogP contribution in [0.4, 0.5) is 26.3 Å². The SMILES string of the molecule is CSc1nc2ccccc2c(=O)n1-c1cc(C(F)(F)F)ccc1C(F)(F)F. The molecule has 0 aliphatic carbocycles. The van der Waals surface area contributed by atoms with Crippen LogP contribution in [-0.4, -0.2) is 15.8 Å². The van der Waals surface area contributed by atoms with Crippen LogP contribution in [0.1, 0.15) is 11.1 Å². The molecule has 1 aromatic heterocycles. The summed E-state index contributed by atoms with van der Waals surface area (Å²) in [6, 6.07) is 6.92. The quantitative estimate of drug-likeness (QED) is 0.337. The van der Waals surface area contributed by atoms with Crippen molar-refractivity contribution in [2.45, 2.75) is 17.5 Å². The van der Waals surface area contributed by atoms with E-state index in [9.17, 15) is 31.1 Å². The van der Waals surface area contributed by atoms with Gasteiger partial charge in [0.2, 0.25) is 0 Å². The van der Waals surface area contributed by atoms with E-state index >= 15 is 0 Å². The molecular formula is C17H10F6N2OS. The van der Waals surface area contributed by atoms with Crippen LogP contribution < -0.4 is 5.56 Å². The van der Waals surface area contributed by atoms with Crippen LogP contribution in [-0.2, 0) is 12.4 Å². The molecule has 0 saturated carbocycles. The molecule has 3 aromatic rings. The normalized spacial score (nSPS) is 12.6. The van der Waals surface area contributed by atoms with Crippen molar-refractivity contribution in [3.05, 3.63) is 63.9 Å². The Morgan fingerprint density at radius 3 is 2.22 bits per heavy atom. The van der Waals surface area contributed by atoms with Gasteiger partial charge in [-0.1, -0.05) is 23.9 Å². The topological polar surface area (TPSA) is 34.9 Å². The summed E-state index contributed by atoms with van der Waals surface area (Å²) in [5, 5.41) is -0.149. The second-order valence-electron chi connectivity index (χ2n) is 5.48. The molecule has 0 atom stereocenters. The molecule has 0 N–H and O–H groups in total. The second-order valence-corrected chi connectivity index (χ2v) is 6.26. The third-order valence-electron chi connectivity index (χ3n) is 3.80. The lowest BCUT2D eigenvalue weighted by Gasteiger charge is -2.19. The number of hydrogen-bond donors (Lipinski definition) is 0. The van der Waals surface area contributed by atoms with Gasteiger partial charge < -0.3 is 0 Å². The van der Waals surface area contributed by atoms with Gasteiger partial charge in [0.05, 0.1) is 27.7 Å². The highest BCUT2D eigenvalue weighted by atomic mass is 32.2. The van der Waals surface area contributed by atoms with E-state index in [4.69, 9.17) is 0 Å². The van der Waals surface area contributed by atoms with Crippen LogP contribution in [0.25, 0.3) is 16.6 Å². The van der Waals surface area contributed by atoms with Crippen molar-refractivity contribution in [3.63, 3.8) is 0 Å². The standard InChI is InChI=1S/C17H10F6N2OS/c1-27-15-24-12-5-3-2-4-10(12)14(26)25(15)13-8-9(16(18,19)20)6-7-11(13)17(21,22)23/h2-8H,1H3. The van der Waals surface area contributed by atoms with Gasteiger partial charge in [0, 0.05) is 0 Å². The summed E-state index contributed by atoms with van der Waals surface area (Å²) in [5.41, 5.74) is -4.20. The summed E-state index contributed by atoms with van der Waals surface area (Å²) in [7, 11) is 0. The maximum Gasteiger partial charge on any atom is 0.418 e. The summed E-state index contributed by atoms with van der Waals surface area (Å²) < 4.78 is 80.0. The molecule has 0 radical (unpaired) electrons. The molecule has 27 heavy (non-hydrogen) atoms. The highest BCUT2D eigenvalue weighted by Crippen LogP contribution is 2.38. The monoisotopic (exact) mass is 404 g/mol. The van der Waals surface area contributed by atoms with Crippen LogP contribution in [0.5, 0.6) is 0 Å². The molecule has 1 heterocycles. The van der Waals surface area contributed by atoms with E-state index in [1.54, 1.807) is 6.07 Å². The van der Waals surface area contributed by atoms with E-state index in [1.807, 2.05) is 0 Å². The maximum atomic E-state index is 13.4. The number of hydrogen-bond acceptors (Lipinski definition) is 3. The van der Waals surface area contributed by atoms with Gasteiger partial charge in [-0.05, 0) is 36.6 Å². The van der Waals surface area contributed by atoms with Gasteiger partial charge in [0.1, 0.15) is 0 Å². The number of nitrogens with zero attached hydrogens (tertiary/aromatic N) is 2. The Labute approximate surface area is 152 Å². The minimum absolute atomic E-state index is 0.000774. The van der Waals surface area contributed by atoms with Gasteiger partial charge in [-0.15, -0.1) is 0 Å². The lowest BCUT2D eigenvalue weighted by Crippen LogP contribution is -2.25. The first-order chi connectivity index (χ1) is 12.5. The molecule has 0 unspecified atom stereocenters. The number of alkyl halides is 6. The third-order valence-corrected chi connectivity index (χ3v) is 4.44. The highest BCUT2D eigenvalue weighted by Gasteiger charge is 2.38. The largest absolute Gasteiger partial charge is 0.418 e. The Morgan fingerprint density at radius 1 is 0.963 bits per heavy atom. The van der Waals surface area contributed by atoms with Gasteiger partial charge in [0.25, 0.3) is 5.56 Å². The molecule has 0 saturated heterocycles. The molecule has 0 spiro atoms. The van der Waals surface area contributed by atoms with Crippen molar-refractivity contribution >= 4 is 22.7 Å². The Bertz CT molecular complexity index is 1070. The zero-order valence-electron chi connectivity index (χ0n) is 13.5. The average molecular weight is 404 g/mol. The number of rotatable bonds is 2. The molecule has 0 fully saturated rings. The number of halogens is 6. The molecule has 10 heteroatoms. The molecule has 2 aromatic carbocycles. The Kier molecular flexibility index (Phi) is 4.71. The van der Waals surface area contributed by atoms with E-state index < -0.39 is 34.7 Å². The molecular weight excluding hydrogens is 394 g/mol. The van der Waals surface area contributed by atoms with E-state index in [0.717, 1.165) is 11.8 Å². The number of fused-ring (bicyclic) bond motifs is 1. The van der Waals surface area contributed by atoms with Gasteiger partial charge in [0.15, 0.2) is 5.16 Å². The van der Waals surface area contributed by atoms with Gasteiger partial charge in [-0.25, -0.2) is 4.98 Å². The summed E-state index contributed by atoms with van der Waals surface area (Å²) in [4.78, 5) is 16.9. The molecule has 0 bridgehead atoms. The van der Waals surface area contributed by atoms with E-state index in [0.29, 0.717) is 22.8 Å². The molecule has 3 nitrogen and oxygen atoms in total. The number of benzene rings is 2. The van der Waals surface area contributed by atoms with E-state index in [1.165, 1.54) is 24.5 Å². The lowest BCUT2D eigenvalue weighted by molar-refractivity contribution is -0.141. The lowest BCUT2D eigenvalue weighted by atomic mass is 10.1. The first-order valence-corrected chi connectivity index (χ1v) is 8.61. The zero-order chi connectivity index (χ0) is 20.0. The van der Waals surface area contributed by atoms with Crippen molar-refractivity contribution in [3.8, 4) is 5.69 Å². The predicted octanol–water partition coefficient (Wildman–Crippen LogP) is 5.15. The predicted molar refractivity (Wildman–Crippen MR) is 89.1 cm³/mol. The van der Waals surface area contributed by atoms with Crippen molar-refractivity contribution in [2.75, 3.05) is 6.26 Å². The van der Waals surface area contributed by atoms with Crippen LogP contribution in [0.15, 0.2) is 52.4 Å². The summed E-state index contributed by atoms with van der Waals surface area (Å²) in [5.74, 6) is 0. The van der Waals surface area contributed by atoms with Crippen molar-refractivity contribution < 1.29 is 26.3 Å². The fourth-order valence-corrected chi connectivity index (χ4v) is 3.15. The molecule has 3 rings (SSSR count). The van der Waals surface area contributed by atoms with Gasteiger partial charge in [-0.2, -0.15) is 26.3 Å². The number of para-hydroxylation sites is 1.